The first-order valence-corrected chi connectivity index (χ1v) is 7.51. The van der Waals surface area contributed by atoms with Gasteiger partial charge in [-0.25, -0.2) is 0 Å². The molecule has 0 aliphatic rings. The molecule has 3 N–H and O–H groups in total. The Hall–Kier alpha value is -0.320. The van der Waals surface area contributed by atoms with Crippen LogP contribution in [0.1, 0.15) is 60.3 Å². The zero-order valence-electron chi connectivity index (χ0n) is 13.7. The maximum atomic E-state index is 11.9. The van der Waals surface area contributed by atoms with E-state index in [-0.39, 0.29) is 30.0 Å². The molecule has 0 heterocycles. The van der Waals surface area contributed by atoms with Crippen LogP contribution in [-0.4, -0.2) is 30.7 Å². The van der Waals surface area contributed by atoms with E-state index in [4.69, 9.17) is 10.5 Å². The van der Waals surface area contributed by atoms with Gasteiger partial charge in [0.05, 0.1) is 18.2 Å². The topological polar surface area (TPSA) is 64.3 Å². The quantitative estimate of drug-likeness (QED) is 0.652. The molecular weight excluding hydrogens is 276 g/mol. The molecule has 0 rings (SSSR count). The Morgan fingerprint density at radius 3 is 2.20 bits per heavy atom. The molecule has 122 valence electrons. The largest absolute Gasteiger partial charge is 0.378 e. The second-order valence-electron chi connectivity index (χ2n) is 5.80. The van der Waals surface area contributed by atoms with E-state index >= 15 is 0 Å². The monoisotopic (exact) mass is 308 g/mol. The number of halogens is 1. The third-order valence-corrected chi connectivity index (χ3v) is 3.68. The van der Waals surface area contributed by atoms with Crippen molar-refractivity contribution in [3.63, 3.8) is 0 Å². The highest BCUT2D eigenvalue weighted by molar-refractivity contribution is 5.85. The van der Waals surface area contributed by atoms with Crippen molar-refractivity contribution in [1.82, 2.24) is 5.32 Å². The lowest BCUT2D eigenvalue weighted by Crippen LogP contribution is -2.53. The van der Waals surface area contributed by atoms with Gasteiger partial charge in [-0.05, 0) is 32.1 Å². The lowest BCUT2D eigenvalue weighted by atomic mass is 9.93. The summed E-state index contributed by atoms with van der Waals surface area (Å²) in [5.74, 6) is 0.653. The fourth-order valence-electron chi connectivity index (χ4n) is 2.21. The standard InChI is InChI=1S/C15H32N2O2.ClH/c1-6-15(7-2,11-16)17-14(18)8-9-19-13(5)10-12(3)4;/h12-13H,6-11,16H2,1-5H3,(H,17,18);1H. The van der Waals surface area contributed by atoms with E-state index < -0.39 is 0 Å². The Morgan fingerprint density at radius 2 is 1.80 bits per heavy atom. The first kappa shape index (κ1) is 22.0. The molecule has 1 atom stereocenters. The van der Waals surface area contributed by atoms with Crippen LogP contribution < -0.4 is 11.1 Å². The van der Waals surface area contributed by atoms with Gasteiger partial charge in [0.1, 0.15) is 0 Å². The Kier molecular flexibility index (Phi) is 12.5. The van der Waals surface area contributed by atoms with Crippen LogP contribution in [0.25, 0.3) is 0 Å². The number of rotatable bonds is 10. The van der Waals surface area contributed by atoms with Gasteiger partial charge in [0.15, 0.2) is 0 Å². The van der Waals surface area contributed by atoms with Crippen LogP contribution >= 0.6 is 12.4 Å². The summed E-state index contributed by atoms with van der Waals surface area (Å²) in [4.78, 5) is 11.9. The van der Waals surface area contributed by atoms with Gasteiger partial charge in [-0.15, -0.1) is 12.4 Å². The molecule has 0 saturated carbocycles. The van der Waals surface area contributed by atoms with Gasteiger partial charge in [-0.3, -0.25) is 4.79 Å². The summed E-state index contributed by atoms with van der Waals surface area (Å²) in [5.41, 5.74) is 5.51. The van der Waals surface area contributed by atoms with Crippen molar-refractivity contribution in [2.75, 3.05) is 13.2 Å². The van der Waals surface area contributed by atoms with Crippen molar-refractivity contribution in [2.24, 2.45) is 11.7 Å². The van der Waals surface area contributed by atoms with Crippen LogP contribution in [0.5, 0.6) is 0 Å². The summed E-state index contributed by atoms with van der Waals surface area (Å²) in [6.45, 7) is 11.5. The third-order valence-electron chi connectivity index (χ3n) is 3.68. The number of nitrogens with two attached hydrogens (primary N) is 1. The maximum absolute atomic E-state index is 11.9. The maximum Gasteiger partial charge on any atom is 0.222 e. The van der Waals surface area contributed by atoms with E-state index in [2.05, 4.69) is 39.9 Å². The van der Waals surface area contributed by atoms with Crippen LogP contribution in [0.2, 0.25) is 0 Å². The molecule has 4 nitrogen and oxygen atoms in total. The highest BCUT2D eigenvalue weighted by Crippen LogP contribution is 2.13. The molecule has 0 aromatic rings. The van der Waals surface area contributed by atoms with E-state index in [9.17, 15) is 4.79 Å². The Labute approximate surface area is 130 Å². The minimum atomic E-state index is -0.249. The highest BCUT2D eigenvalue weighted by Gasteiger charge is 2.25. The average molecular weight is 309 g/mol. The van der Waals surface area contributed by atoms with E-state index in [1.54, 1.807) is 0 Å². The number of hydrogen-bond donors (Lipinski definition) is 2. The Morgan fingerprint density at radius 1 is 1.25 bits per heavy atom. The van der Waals surface area contributed by atoms with E-state index in [1.165, 1.54) is 0 Å². The molecule has 0 radical (unpaired) electrons. The van der Waals surface area contributed by atoms with Crippen LogP contribution in [0.15, 0.2) is 0 Å². The van der Waals surface area contributed by atoms with Gasteiger partial charge in [0.25, 0.3) is 0 Å². The first-order valence-electron chi connectivity index (χ1n) is 7.51. The summed E-state index contributed by atoms with van der Waals surface area (Å²) < 4.78 is 5.65. The molecule has 0 spiro atoms. The molecule has 0 aromatic heterocycles. The molecular formula is C15H33ClN2O2. The second-order valence-corrected chi connectivity index (χ2v) is 5.80. The second kappa shape index (κ2) is 11.4. The van der Waals surface area contributed by atoms with E-state index in [0.29, 0.717) is 25.5 Å². The minimum Gasteiger partial charge on any atom is -0.378 e. The van der Waals surface area contributed by atoms with Gasteiger partial charge in [-0.1, -0.05) is 27.7 Å². The van der Waals surface area contributed by atoms with E-state index in [0.717, 1.165) is 19.3 Å². The fourth-order valence-corrected chi connectivity index (χ4v) is 2.21. The molecule has 20 heavy (non-hydrogen) atoms. The average Bonchev–Trinajstić information content (AvgIpc) is 2.35. The number of carbonyl (C=O) groups excluding carboxylic acids is 1. The zero-order valence-corrected chi connectivity index (χ0v) is 14.5. The third kappa shape index (κ3) is 8.77. The van der Waals surface area contributed by atoms with Crippen LogP contribution in [0.3, 0.4) is 0 Å². The SMILES string of the molecule is CCC(CC)(CN)NC(=O)CCOC(C)CC(C)C.Cl. The van der Waals surface area contributed by atoms with Crippen molar-refractivity contribution in [3.8, 4) is 0 Å². The molecule has 0 bridgehead atoms. The number of nitrogens with one attached hydrogen (secondary N) is 1. The molecule has 0 saturated heterocycles. The number of amides is 1. The summed E-state index contributed by atoms with van der Waals surface area (Å²) in [5, 5.41) is 3.05. The van der Waals surface area contributed by atoms with Crippen LogP contribution in [0, 0.1) is 5.92 Å². The number of ether oxygens (including phenoxy) is 1. The minimum absolute atomic E-state index is 0. The number of hydrogen-bond acceptors (Lipinski definition) is 3. The van der Waals surface area contributed by atoms with Crippen molar-refractivity contribution < 1.29 is 9.53 Å². The van der Waals surface area contributed by atoms with Crippen molar-refractivity contribution in [3.05, 3.63) is 0 Å². The normalized spacial score (nSPS) is 12.9. The zero-order chi connectivity index (χ0) is 14.9. The van der Waals surface area contributed by atoms with Crippen molar-refractivity contribution in [2.45, 2.75) is 71.9 Å². The molecule has 0 fully saturated rings. The van der Waals surface area contributed by atoms with Gasteiger partial charge >= 0.3 is 0 Å². The molecule has 0 aliphatic carbocycles. The smallest absolute Gasteiger partial charge is 0.222 e. The lowest BCUT2D eigenvalue weighted by molar-refractivity contribution is -0.124. The van der Waals surface area contributed by atoms with Crippen LogP contribution in [0.4, 0.5) is 0 Å². The van der Waals surface area contributed by atoms with Crippen LogP contribution in [-0.2, 0) is 9.53 Å². The fraction of sp³-hybridized carbons (Fsp3) is 0.933. The highest BCUT2D eigenvalue weighted by atomic mass is 35.5. The molecule has 0 aromatic carbocycles. The Balaban J connectivity index is 0. The van der Waals surface area contributed by atoms with Crippen molar-refractivity contribution >= 4 is 18.3 Å². The predicted octanol–water partition coefficient (Wildman–Crippen LogP) is 2.88. The molecule has 1 amide bonds. The van der Waals surface area contributed by atoms with Gasteiger partial charge < -0.3 is 15.8 Å². The molecule has 5 heteroatoms. The first-order chi connectivity index (χ1) is 8.89. The van der Waals surface area contributed by atoms with E-state index in [1.807, 2.05) is 0 Å². The van der Waals surface area contributed by atoms with Gasteiger partial charge in [-0.2, -0.15) is 0 Å². The van der Waals surface area contributed by atoms with Crippen molar-refractivity contribution in [1.29, 1.82) is 0 Å². The summed E-state index contributed by atoms with van der Waals surface area (Å²) in [7, 11) is 0. The van der Waals surface area contributed by atoms with Gasteiger partial charge in [0.2, 0.25) is 5.91 Å². The summed E-state index contributed by atoms with van der Waals surface area (Å²) >= 11 is 0. The summed E-state index contributed by atoms with van der Waals surface area (Å²) in [6.07, 6.45) is 3.36. The lowest BCUT2D eigenvalue weighted by Gasteiger charge is -2.31. The predicted molar refractivity (Wildman–Crippen MR) is 87.2 cm³/mol. The number of carbonyl (C=O) groups is 1. The molecule has 0 aliphatic heterocycles. The summed E-state index contributed by atoms with van der Waals surface area (Å²) in [6, 6.07) is 0. The van der Waals surface area contributed by atoms with Gasteiger partial charge in [0, 0.05) is 13.0 Å². The Bertz CT molecular complexity index is 248. The molecule has 1 unspecified atom stereocenters.